The summed E-state index contributed by atoms with van der Waals surface area (Å²) in [5, 5.41) is 8.72. The molecule has 0 spiro atoms. The molecule has 0 heterocycles. The highest BCUT2D eigenvalue weighted by Crippen LogP contribution is 2.28. The van der Waals surface area contributed by atoms with Crippen LogP contribution < -0.4 is 15.2 Å². The molecule has 1 rings (SSSR count). The zero-order chi connectivity index (χ0) is 13.0. The predicted octanol–water partition coefficient (Wildman–Crippen LogP) is 0.797. The fourth-order valence-corrected chi connectivity index (χ4v) is 1.41. The van der Waals surface area contributed by atoms with Crippen LogP contribution in [0.25, 0.3) is 0 Å². The molecule has 0 aliphatic rings. The standard InChI is InChI=1S/C11H14FNO4/c1-16-9-5-7(12)10(17-2)4-6(9)3-8(13)11(14)15/h4-5,8H,3,13H2,1-2H3,(H,14,15). The number of carboxylic acids is 1. The molecule has 1 unspecified atom stereocenters. The lowest BCUT2D eigenvalue weighted by Crippen LogP contribution is -2.32. The Morgan fingerprint density at radius 2 is 2.00 bits per heavy atom. The highest BCUT2D eigenvalue weighted by atomic mass is 19.1. The van der Waals surface area contributed by atoms with Gasteiger partial charge in [0, 0.05) is 18.1 Å². The van der Waals surface area contributed by atoms with Gasteiger partial charge in [0.25, 0.3) is 0 Å². The van der Waals surface area contributed by atoms with Gasteiger partial charge in [-0.15, -0.1) is 0 Å². The molecule has 94 valence electrons. The van der Waals surface area contributed by atoms with Crippen LogP contribution in [-0.4, -0.2) is 31.3 Å². The van der Waals surface area contributed by atoms with Crippen molar-refractivity contribution in [2.45, 2.75) is 12.5 Å². The van der Waals surface area contributed by atoms with E-state index in [0.717, 1.165) is 6.07 Å². The third-order valence-corrected chi connectivity index (χ3v) is 2.31. The Morgan fingerprint density at radius 3 is 2.47 bits per heavy atom. The monoisotopic (exact) mass is 243 g/mol. The number of methoxy groups -OCH3 is 2. The van der Waals surface area contributed by atoms with Gasteiger partial charge >= 0.3 is 5.97 Å². The molecule has 17 heavy (non-hydrogen) atoms. The summed E-state index contributed by atoms with van der Waals surface area (Å²) in [6, 6.07) is 1.46. The van der Waals surface area contributed by atoms with Gasteiger partial charge in [0.1, 0.15) is 11.8 Å². The van der Waals surface area contributed by atoms with Crippen LogP contribution in [0.5, 0.6) is 11.5 Å². The van der Waals surface area contributed by atoms with Crippen LogP contribution in [-0.2, 0) is 11.2 Å². The lowest BCUT2D eigenvalue weighted by atomic mass is 10.0. The van der Waals surface area contributed by atoms with E-state index in [1.54, 1.807) is 0 Å². The Kier molecular flexibility index (Phi) is 4.28. The van der Waals surface area contributed by atoms with Gasteiger partial charge < -0.3 is 20.3 Å². The van der Waals surface area contributed by atoms with Crippen LogP contribution in [0.2, 0.25) is 0 Å². The minimum Gasteiger partial charge on any atom is -0.496 e. The van der Waals surface area contributed by atoms with Crippen molar-refractivity contribution in [3.05, 3.63) is 23.5 Å². The molecule has 3 N–H and O–H groups in total. The van der Waals surface area contributed by atoms with E-state index in [4.69, 9.17) is 20.3 Å². The molecule has 1 aromatic rings. The normalized spacial score (nSPS) is 12.0. The van der Waals surface area contributed by atoms with Crippen molar-refractivity contribution in [3.63, 3.8) is 0 Å². The van der Waals surface area contributed by atoms with Crippen LogP contribution in [0, 0.1) is 5.82 Å². The van der Waals surface area contributed by atoms with Gasteiger partial charge in [-0.05, 0) is 6.07 Å². The first-order chi connectivity index (χ1) is 7.99. The Labute approximate surface area is 97.9 Å². The van der Waals surface area contributed by atoms with E-state index in [2.05, 4.69) is 0 Å². The van der Waals surface area contributed by atoms with Crippen molar-refractivity contribution in [1.29, 1.82) is 0 Å². The van der Waals surface area contributed by atoms with Crippen molar-refractivity contribution >= 4 is 5.97 Å². The molecule has 1 atom stereocenters. The zero-order valence-corrected chi connectivity index (χ0v) is 9.57. The van der Waals surface area contributed by atoms with E-state index in [1.165, 1.54) is 20.3 Å². The quantitative estimate of drug-likeness (QED) is 0.799. The number of ether oxygens (including phenoxy) is 2. The first-order valence-electron chi connectivity index (χ1n) is 4.88. The van der Waals surface area contributed by atoms with Crippen molar-refractivity contribution in [1.82, 2.24) is 0 Å². The maximum absolute atomic E-state index is 13.4. The van der Waals surface area contributed by atoms with Crippen molar-refractivity contribution < 1.29 is 23.8 Å². The van der Waals surface area contributed by atoms with Gasteiger partial charge in [0.15, 0.2) is 11.6 Å². The summed E-state index contributed by atoms with van der Waals surface area (Å²) in [6.07, 6.45) is 0.0369. The minimum atomic E-state index is -1.13. The Hall–Kier alpha value is -1.82. The molecular weight excluding hydrogens is 229 g/mol. The van der Waals surface area contributed by atoms with Crippen LogP contribution in [0.4, 0.5) is 4.39 Å². The number of hydrogen-bond donors (Lipinski definition) is 2. The zero-order valence-electron chi connectivity index (χ0n) is 9.57. The van der Waals surface area contributed by atoms with Crippen LogP contribution >= 0.6 is 0 Å². The molecule has 0 radical (unpaired) electrons. The molecule has 6 heteroatoms. The molecule has 1 aromatic carbocycles. The van der Waals surface area contributed by atoms with Gasteiger partial charge in [-0.2, -0.15) is 0 Å². The summed E-state index contributed by atoms with van der Waals surface area (Å²) in [5.74, 6) is -1.43. The number of aliphatic carboxylic acids is 1. The maximum atomic E-state index is 13.4. The first kappa shape index (κ1) is 13.2. The first-order valence-corrected chi connectivity index (χ1v) is 4.88. The van der Waals surface area contributed by atoms with Gasteiger partial charge in [0.05, 0.1) is 14.2 Å². The average molecular weight is 243 g/mol. The number of nitrogens with two attached hydrogens (primary N) is 1. The average Bonchev–Trinajstić information content (AvgIpc) is 2.30. The molecule has 0 saturated heterocycles. The molecule has 0 amide bonds. The Morgan fingerprint density at radius 1 is 1.41 bits per heavy atom. The van der Waals surface area contributed by atoms with Crippen LogP contribution in [0.15, 0.2) is 12.1 Å². The number of rotatable bonds is 5. The van der Waals surface area contributed by atoms with E-state index in [0.29, 0.717) is 5.56 Å². The largest absolute Gasteiger partial charge is 0.496 e. The van der Waals surface area contributed by atoms with Crippen molar-refractivity contribution in [2.75, 3.05) is 14.2 Å². The summed E-state index contributed by atoms with van der Waals surface area (Å²) in [4.78, 5) is 10.7. The smallest absolute Gasteiger partial charge is 0.320 e. The maximum Gasteiger partial charge on any atom is 0.320 e. The van der Waals surface area contributed by atoms with Crippen molar-refractivity contribution in [3.8, 4) is 11.5 Å². The lowest BCUT2D eigenvalue weighted by molar-refractivity contribution is -0.138. The number of carboxylic acid groups (broad SMARTS) is 1. The SMILES string of the molecule is COc1cc(CC(N)C(=O)O)c(OC)cc1F. The lowest BCUT2D eigenvalue weighted by Gasteiger charge is -2.13. The fourth-order valence-electron chi connectivity index (χ4n) is 1.41. The minimum absolute atomic E-state index is 0.0263. The summed E-state index contributed by atoms with van der Waals surface area (Å²) in [6.45, 7) is 0. The van der Waals surface area contributed by atoms with Crippen LogP contribution in [0.1, 0.15) is 5.56 Å². The van der Waals surface area contributed by atoms with E-state index in [9.17, 15) is 9.18 Å². The van der Waals surface area contributed by atoms with Gasteiger partial charge in [-0.25, -0.2) is 4.39 Å². The molecule has 5 nitrogen and oxygen atoms in total. The number of hydrogen-bond acceptors (Lipinski definition) is 4. The van der Waals surface area contributed by atoms with E-state index >= 15 is 0 Å². The van der Waals surface area contributed by atoms with Crippen LogP contribution in [0.3, 0.4) is 0 Å². The second-order valence-corrected chi connectivity index (χ2v) is 3.45. The third-order valence-electron chi connectivity index (χ3n) is 2.31. The third kappa shape index (κ3) is 3.07. The predicted molar refractivity (Wildman–Crippen MR) is 58.8 cm³/mol. The van der Waals surface area contributed by atoms with Gasteiger partial charge in [-0.1, -0.05) is 0 Å². The topological polar surface area (TPSA) is 81.8 Å². The molecule has 0 saturated carbocycles. The fraction of sp³-hybridized carbons (Fsp3) is 0.364. The molecule has 0 aliphatic heterocycles. The highest BCUT2D eigenvalue weighted by Gasteiger charge is 2.17. The summed E-state index contributed by atoms with van der Waals surface area (Å²) < 4.78 is 23.1. The van der Waals surface area contributed by atoms with E-state index in [1.807, 2.05) is 0 Å². The molecule has 0 aromatic heterocycles. The Bertz CT molecular complexity index is 422. The molecule has 0 fully saturated rings. The molecule has 0 aliphatic carbocycles. The highest BCUT2D eigenvalue weighted by molar-refractivity contribution is 5.73. The van der Waals surface area contributed by atoms with Gasteiger partial charge in [0.2, 0.25) is 0 Å². The second kappa shape index (κ2) is 5.49. The summed E-state index contributed by atoms with van der Waals surface area (Å²) in [5.41, 5.74) is 5.90. The van der Waals surface area contributed by atoms with Gasteiger partial charge in [-0.3, -0.25) is 4.79 Å². The number of carbonyl (C=O) groups is 1. The molecular formula is C11H14FNO4. The second-order valence-electron chi connectivity index (χ2n) is 3.45. The van der Waals surface area contributed by atoms with E-state index < -0.39 is 17.8 Å². The number of halogens is 1. The Balaban J connectivity index is 3.08. The van der Waals surface area contributed by atoms with Crippen molar-refractivity contribution in [2.24, 2.45) is 5.73 Å². The summed E-state index contributed by atoms with van der Waals surface area (Å²) in [7, 11) is 2.70. The molecule has 0 bridgehead atoms. The van der Waals surface area contributed by atoms with E-state index in [-0.39, 0.29) is 17.9 Å². The number of benzene rings is 1. The summed E-state index contributed by atoms with van der Waals surface area (Å²) >= 11 is 0.